The summed E-state index contributed by atoms with van der Waals surface area (Å²) in [6.07, 6.45) is 21.7. The number of rotatable bonds is 27. The van der Waals surface area contributed by atoms with Crippen LogP contribution in [-0.2, 0) is 18.1 Å². The maximum atomic E-state index is 15.0. The average Bonchev–Trinajstić information content (AvgIpc) is 2.94. The van der Waals surface area contributed by atoms with Crippen LogP contribution in [0.4, 0.5) is 0 Å². The Bertz CT molecular complexity index is 513. The fourth-order valence-corrected chi connectivity index (χ4v) is 8.31. The summed E-state index contributed by atoms with van der Waals surface area (Å²) < 4.78 is 35.4. The van der Waals surface area contributed by atoms with Crippen molar-refractivity contribution in [2.24, 2.45) is 0 Å². The van der Waals surface area contributed by atoms with E-state index in [9.17, 15) is 0 Å². The van der Waals surface area contributed by atoms with Gasteiger partial charge >= 0.3 is 7.82 Å². The second kappa shape index (κ2) is 20.9. The van der Waals surface area contributed by atoms with Crippen molar-refractivity contribution in [1.82, 2.24) is 0 Å². The zero-order chi connectivity index (χ0) is 29.0. The van der Waals surface area contributed by atoms with Crippen molar-refractivity contribution in [3.63, 3.8) is 0 Å². The van der Waals surface area contributed by atoms with Crippen LogP contribution in [0, 0.1) is 0 Å². The van der Waals surface area contributed by atoms with Crippen LogP contribution in [-0.4, -0.2) is 16.8 Å². The summed E-state index contributed by atoms with van der Waals surface area (Å²) in [5.41, 5.74) is -1.43. The van der Waals surface area contributed by atoms with Gasteiger partial charge in [0.05, 0.1) is 16.8 Å². The third-order valence-electron chi connectivity index (χ3n) is 9.24. The Labute approximate surface area is 239 Å². The minimum absolute atomic E-state index is 0.478. The van der Waals surface area contributed by atoms with E-state index in [0.717, 1.165) is 77.0 Å². The third-order valence-corrected chi connectivity index (χ3v) is 11.1. The lowest BCUT2D eigenvalue weighted by Crippen LogP contribution is -2.38. The molecule has 0 bridgehead atoms. The Morgan fingerprint density at radius 3 is 0.816 bits per heavy atom. The molecule has 0 spiro atoms. The molecule has 0 saturated carbocycles. The second-order valence-electron chi connectivity index (χ2n) is 11.8. The fourth-order valence-electron chi connectivity index (χ4n) is 5.72. The third kappa shape index (κ3) is 13.6. The molecule has 0 unspecified atom stereocenters. The number of phosphoric acid groups is 1. The maximum Gasteiger partial charge on any atom is 0.476 e. The van der Waals surface area contributed by atoms with E-state index in [2.05, 4.69) is 62.3 Å². The number of hydrogen-bond donors (Lipinski definition) is 0. The largest absolute Gasteiger partial charge is 0.476 e. The van der Waals surface area contributed by atoms with Crippen LogP contribution in [0.5, 0.6) is 0 Å². The quantitative estimate of drug-likeness (QED) is 0.0740. The van der Waals surface area contributed by atoms with E-state index in [-0.39, 0.29) is 0 Å². The van der Waals surface area contributed by atoms with E-state index in [0.29, 0.717) is 0 Å². The molecule has 0 heterocycles. The summed E-state index contributed by atoms with van der Waals surface area (Å²) in [7, 11) is -3.85. The van der Waals surface area contributed by atoms with Gasteiger partial charge in [-0.2, -0.15) is 0 Å². The predicted molar refractivity (Wildman–Crippen MR) is 167 cm³/mol. The van der Waals surface area contributed by atoms with E-state index in [1.165, 1.54) is 57.8 Å². The van der Waals surface area contributed by atoms with E-state index in [1.807, 2.05) is 0 Å². The van der Waals surface area contributed by atoms with Crippen molar-refractivity contribution < 1.29 is 18.1 Å². The lowest BCUT2D eigenvalue weighted by atomic mass is 9.90. The van der Waals surface area contributed by atoms with Crippen LogP contribution >= 0.6 is 7.82 Å². The van der Waals surface area contributed by atoms with E-state index >= 15 is 4.57 Å². The molecule has 0 aliphatic rings. The maximum absolute atomic E-state index is 15.0. The smallest absolute Gasteiger partial charge is 0.280 e. The lowest BCUT2D eigenvalue weighted by molar-refractivity contribution is -0.0822. The molecule has 0 radical (unpaired) electrons. The summed E-state index contributed by atoms with van der Waals surface area (Å²) in [6.45, 7) is 19.7. The zero-order valence-corrected chi connectivity index (χ0v) is 28.3. The van der Waals surface area contributed by atoms with Crippen molar-refractivity contribution in [2.75, 3.05) is 0 Å². The summed E-state index contributed by atoms with van der Waals surface area (Å²) in [4.78, 5) is 0. The van der Waals surface area contributed by atoms with Gasteiger partial charge in [-0.05, 0) is 57.8 Å². The topological polar surface area (TPSA) is 44.8 Å². The average molecular weight is 561 g/mol. The molecule has 0 atom stereocenters. The fraction of sp³-hybridized carbons (Fsp3) is 1.00. The lowest BCUT2D eigenvalue weighted by Gasteiger charge is -2.43. The molecule has 0 N–H and O–H groups in total. The minimum atomic E-state index is -3.85. The minimum Gasteiger partial charge on any atom is -0.280 e. The molecular formula is C33H69O4P. The van der Waals surface area contributed by atoms with Crippen LogP contribution in [0.3, 0.4) is 0 Å². The zero-order valence-electron chi connectivity index (χ0n) is 27.4. The van der Waals surface area contributed by atoms with E-state index < -0.39 is 24.6 Å². The first-order valence-electron chi connectivity index (χ1n) is 16.9. The van der Waals surface area contributed by atoms with Crippen LogP contribution < -0.4 is 0 Å². The van der Waals surface area contributed by atoms with Crippen molar-refractivity contribution in [1.29, 1.82) is 0 Å². The molecule has 0 aromatic heterocycles. The molecular weight excluding hydrogens is 491 g/mol. The van der Waals surface area contributed by atoms with E-state index in [4.69, 9.17) is 13.6 Å². The van der Waals surface area contributed by atoms with Gasteiger partial charge in [0.1, 0.15) is 0 Å². The molecule has 0 fully saturated rings. The first kappa shape index (κ1) is 38.1. The molecule has 0 aliphatic heterocycles. The molecule has 0 saturated heterocycles. The highest BCUT2D eigenvalue weighted by Crippen LogP contribution is 2.62. The van der Waals surface area contributed by atoms with Gasteiger partial charge in [-0.15, -0.1) is 0 Å². The van der Waals surface area contributed by atoms with Crippen molar-refractivity contribution in [3.8, 4) is 0 Å². The van der Waals surface area contributed by atoms with Gasteiger partial charge in [0.2, 0.25) is 0 Å². The summed E-state index contributed by atoms with van der Waals surface area (Å²) in [5, 5.41) is 0. The molecule has 38 heavy (non-hydrogen) atoms. The molecule has 5 heteroatoms. The first-order chi connectivity index (χ1) is 18.2. The van der Waals surface area contributed by atoms with Gasteiger partial charge in [-0.3, -0.25) is 13.6 Å². The Balaban J connectivity index is 6.26. The van der Waals surface area contributed by atoms with Gasteiger partial charge < -0.3 is 0 Å². The Morgan fingerprint density at radius 1 is 0.395 bits per heavy atom. The molecule has 4 nitrogen and oxygen atoms in total. The molecule has 0 aromatic rings. The Hall–Kier alpha value is 0.110. The second-order valence-corrected chi connectivity index (χ2v) is 13.3. The van der Waals surface area contributed by atoms with Crippen molar-refractivity contribution in [3.05, 3.63) is 0 Å². The molecule has 0 amide bonds. The molecule has 0 rings (SSSR count). The van der Waals surface area contributed by atoms with Gasteiger partial charge in [0.25, 0.3) is 0 Å². The number of phosphoric ester groups is 1. The van der Waals surface area contributed by atoms with Gasteiger partial charge in [-0.25, -0.2) is 4.57 Å². The monoisotopic (exact) mass is 560 g/mol. The van der Waals surface area contributed by atoms with Crippen LogP contribution in [0.1, 0.15) is 197 Å². The van der Waals surface area contributed by atoms with E-state index in [1.54, 1.807) is 0 Å². The summed E-state index contributed by atoms with van der Waals surface area (Å²) in [6, 6.07) is 0. The first-order valence-corrected chi connectivity index (χ1v) is 18.3. The molecule has 230 valence electrons. The molecule has 0 aromatic carbocycles. The van der Waals surface area contributed by atoms with Crippen LogP contribution in [0.15, 0.2) is 0 Å². The highest BCUT2D eigenvalue weighted by atomic mass is 31.2. The summed E-state index contributed by atoms with van der Waals surface area (Å²) in [5.74, 6) is 0. The highest BCUT2D eigenvalue weighted by Gasteiger charge is 2.48. The Morgan fingerprint density at radius 2 is 0.632 bits per heavy atom. The summed E-state index contributed by atoms with van der Waals surface area (Å²) >= 11 is 0. The molecule has 0 aliphatic carbocycles. The van der Waals surface area contributed by atoms with Crippen molar-refractivity contribution in [2.45, 2.75) is 214 Å². The number of hydrogen-bond acceptors (Lipinski definition) is 4. The van der Waals surface area contributed by atoms with Gasteiger partial charge in [0.15, 0.2) is 0 Å². The number of unbranched alkanes of at least 4 members (excludes halogenated alkanes) is 9. The van der Waals surface area contributed by atoms with Gasteiger partial charge in [-0.1, -0.05) is 139 Å². The normalized spacial score (nSPS) is 13.4. The standard InChI is InChI=1S/C33H69O4P/c1-10-19-22-25-28-31(13-4,14-5)35-38(34,36-32(15-6,16-7)29-26-23-20-11-2)37-33(17-8,18-9)30-27-24-21-12-3/h10-30H2,1-9H3. The van der Waals surface area contributed by atoms with Crippen LogP contribution in [0.25, 0.3) is 0 Å². The van der Waals surface area contributed by atoms with Gasteiger partial charge in [0, 0.05) is 0 Å². The predicted octanol–water partition coefficient (Wildman–Crippen LogP) is 12.7. The SMILES string of the molecule is CCCCCCC(CC)(CC)OP(=O)(OC(CC)(CC)CCCCCC)OC(CC)(CC)CCCCCC. The Kier molecular flexibility index (Phi) is 21.0. The van der Waals surface area contributed by atoms with Crippen LogP contribution in [0.2, 0.25) is 0 Å². The highest BCUT2D eigenvalue weighted by molar-refractivity contribution is 7.48. The van der Waals surface area contributed by atoms with Crippen molar-refractivity contribution >= 4 is 7.82 Å².